The molecule has 0 saturated carbocycles. The Hall–Kier alpha value is -3.78. The average molecular weight is 371 g/mol. The quantitative estimate of drug-likeness (QED) is 0.524. The number of aryl methyl sites for hydroxylation is 1. The highest BCUT2D eigenvalue weighted by molar-refractivity contribution is 6.09. The summed E-state index contributed by atoms with van der Waals surface area (Å²) in [5.74, 6) is 0.250. The van der Waals surface area contributed by atoms with Crippen molar-refractivity contribution in [3.63, 3.8) is 0 Å². The second-order valence-corrected chi connectivity index (χ2v) is 6.35. The summed E-state index contributed by atoms with van der Waals surface area (Å²) in [6.45, 7) is 3.98. The maximum Gasteiger partial charge on any atom is 0.266 e. The molecule has 3 rings (SSSR count). The molecule has 0 atom stereocenters. The molecule has 5 nitrogen and oxygen atoms in total. The normalized spacial score (nSPS) is 11.0. The molecule has 0 spiro atoms. The van der Waals surface area contributed by atoms with Crippen molar-refractivity contribution >= 4 is 17.7 Å². The molecule has 0 unspecified atom stereocenters. The number of hydrogen-bond acceptors (Lipinski definition) is 3. The summed E-state index contributed by atoms with van der Waals surface area (Å²) < 4.78 is 7.21. The Balaban J connectivity index is 1.88. The number of nitrogens with one attached hydrogen (secondary N) is 1. The fraction of sp³-hybridized carbons (Fsp3) is 0.130. The molecule has 0 aliphatic rings. The number of anilines is 1. The first-order valence-corrected chi connectivity index (χ1v) is 8.85. The van der Waals surface area contributed by atoms with Crippen molar-refractivity contribution in [3.05, 3.63) is 83.2 Å². The van der Waals surface area contributed by atoms with Crippen LogP contribution < -0.4 is 10.1 Å². The highest BCUT2D eigenvalue weighted by Crippen LogP contribution is 2.23. The third kappa shape index (κ3) is 3.97. The number of para-hydroxylation sites is 1. The fourth-order valence-electron chi connectivity index (χ4n) is 3.09. The lowest BCUT2D eigenvalue weighted by Crippen LogP contribution is -2.13. The lowest BCUT2D eigenvalue weighted by Gasteiger charge is -2.09. The summed E-state index contributed by atoms with van der Waals surface area (Å²) in [4.78, 5) is 12.5. The topological polar surface area (TPSA) is 67.0 Å². The summed E-state index contributed by atoms with van der Waals surface area (Å²) in [5, 5.41) is 12.2. The molecular weight excluding hydrogens is 350 g/mol. The van der Waals surface area contributed by atoms with Crippen LogP contribution in [0.15, 0.2) is 66.2 Å². The first kappa shape index (κ1) is 19.0. The molecule has 0 saturated heterocycles. The van der Waals surface area contributed by atoms with Gasteiger partial charge < -0.3 is 14.6 Å². The lowest BCUT2D eigenvalue weighted by atomic mass is 10.1. The first-order valence-electron chi connectivity index (χ1n) is 8.85. The number of ether oxygens (including phenoxy) is 1. The van der Waals surface area contributed by atoms with Gasteiger partial charge in [-0.1, -0.05) is 18.2 Å². The van der Waals surface area contributed by atoms with Crippen molar-refractivity contribution in [2.24, 2.45) is 0 Å². The van der Waals surface area contributed by atoms with Crippen LogP contribution in [0, 0.1) is 25.2 Å². The second-order valence-electron chi connectivity index (χ2n) is 6.35. The molecule has 28 heavy (non-hydrogen) atoms. The number of hydrogen-bond donors (Lipinski definition) is 1. The van der Waals surface area contributed by atoms with E-state index in [1.165, 1.54) is 0 Å². The molecule has 1 amide bonds. The van der Waals surface area contributed by atoms with E-state index in [9.17, 15) is 10.1 Å². The summed E-state index contributed by atoms with van der Waals surface area (Å²) in [6, 6.07) is 20.9. The van der Waals surface area contributed by atoms with Gasteiger partial charge in [0.25, 0.3) is 5.91 Å². The van der Waals surface area contributed by atoms with Crippen LogP contribution in [-0.4, -0.2) is 17.6 Å². The van der Waals surface area contributed by atoms with E-state index in [1.807, 2.05) is 56.3 Å². The predicted molar refractivity (Wildman–Crippen MR) is 110 cm³/mol. The number of aromatic nitrogens is 1. The zero-order chi connectivity index (χ0) is 20.1. The van der Waals surface area contributed by atoms with E-state index >= 15 is 0 Å². The molecule has 140 valence electrons. The number of rotatable bonds is 5. The van der Waals surface area contributed by atoms with Crippen LogP contribution in [0.1, 0.15) is 17.0 Å². The third-order valence-corrected chi connectivity index (χ3v) is 4.50. The molecule has 0 bridgehead atoms. The van der Waals surface area contributed by atoms with Gasteiger partial charge in [0.1, 0.15) is 17.4 Å². The first-order chi connectivity index (χ1) is 13.5. The van der Waals surface area contributed by atoms with Gasteiger partial charge in [-0.05, 0) is 68.0 Å². The summed E-state index contributed by atoms with van der Waals surface area (Å²) in [5.41, 5.74) is 4.52. The molecule has 0 fully saturated rings. The minimum atomic E-state index is -0.447. The second kappa shape index (κ2) is 8.28. The van der Waals surface area contributed by atoms with Gasteiger partial charge in [-0.15, -0.1) is 0 Å². The number of nitrogens with zero attached hydrogens (tertiary/aromatic N) is 2. The average Bonchev–Trinajstić information content (AvgIpc) is 3.00. The van der Waals surface area contributed by atoms with E-state index in [2.05, 4.69) is 9.88 Å². The van der Waals surface area contributed by atoms with Crippen molar-refractivity contribution in [2.75, 3.05) is 12.4 Å². The van der Waals surface area contributed by atoms with Crippen molar-refractivity contribution in [2.45, 2.75) is 13.8 Å². The Kier molecular flexibility index (Phi) is 5.61. The van der Waals surface area contributed by atoms with Crippen LogP contribution in [-0.2, 0) is 4.79 Å². The number of benzene rings is 2. The van der Waals surface area contributed by atoms with Crippen LogP contribution >= 0.6 is 0 Å². The van der Waals surface area contributed by atoms with Crippen molar-refractivity contribution in [1.82, 2.24) is 4.57 Å². The van der Waals surface area contributed by atoms with E-state index in [-0.39, 0.29) is 5.57 Å². The molecule has 3 aromatic rings. The molecule has 1 N–H and O–H groups in total. The van der Waals surface area contributed by atoms with Gasteiger partial charge in [-0.3, -0.25) is 4.79 Å². The van der Waals surface area contributed by atoms with Crippen LogP contribution in [0.5, 0.6) is 5.75 Å². The zero-order valence-corrected chi connectivity index (χ0v) is 16.1. The summed E-state index contributed by atoms with van der Waals surface area (Å²) >= 11 is 0. The molecule has 5 heteroatoms. The smallest absolute Gasteiger partial charge is 0.266 e. The molecule has 1 heterocycles. The standard InChI is InChI=1S/C23H21N3O2/c1-16-13-18(17(2)26(16)21-7-5-4-6-8-21)14-19(15-24)23(27)25-20-9-11-22(28-3)12-10-20/h4-14H,1-3H3,(H,25,27)/b19-14+. The molecule has 2 aromatic carbocycles. The number of carbonyl (C=O) groups excluding carboxylic acids is 1. The van der Waals surface area contributed by atoms with E-state index < -0.39 is 5.91 Å². The zero-order valence-electron chi connectivity index (χ0n) is 16.1. The van der Waals surface area contributed by atoms with Crippen LogP contribution in [0.4, 0.5) is 5.69 Å². The lowest BCUT2D eigenvalue weighted by molar-refractivity contribution is -0.112. The number of methoxy groups -OCH3 is 1. The Morgan fingerprint density at radius 1 is 1.11 bits per heavy atom. The molecule has 1 aromatic heterocycles. The largest absolute Gasteiger partial charge is 0.497 e. The number of carbonyl (C=O) groups is 1. The van der Waals surface area contributed by atoms with Gasteiger partial charge >= 0.3 is 0 Å². The van der Waals surface area contributed by atoms with Gasteiger partial charge in [0.2, 0.25) is 0 Å². The van der Waals surface area contributed by atoms with E-state index in [4.69, 9.17) is 4.74 Å². The van der Waals surface area contributed by atoms with E-state index in [1.54, 1.807) is 37.5 Å². The monoisotopic (exact) mass is 371 g/mol. The Bertz CT molecular complexity index is 1060. The Morgan fingerprint density at radius 3 is 2.39 bits per heavy atom. The van der Waals surface area contributed by atoms with Gasteiger partial charge in [-0.2, -0.15) is 5.26 Å². The van der Waals surface area contributed by atoms with E-state index in [0.29, 0.717) is 11.4 Å². The maximum atomic E-state index is 12.5. The summed E-state index contributed by atoms with van der Waals surface area (Å²) in [6.07, 6.45) is 1.63. The Morgan fingerprint density at radius 2 is 1.79 bits per heavy atom. The SMILES string of the molecule is COc1ccc(NC(=O)/C(C#N)=C/c2cc(C)n(-c3ccccc3)c2C)cc1. The third-order valence-electron chi connectivity index (χ3n) is 4.50. The molecular formula is C23H21N3O2. The van der Waals surface area contributed by atoms with Crippen LogP contribution in [0.2, 0.25) is 0 Å². The molecule has 0 aliphatic heterocycles. The van der Waals surface area contributed by atoms with E-state index in [0.717, 1.165) is 22.6 Å². The number of amides is 1. The molecule has 0 aliphatic carbocycles. The van der Waals surface area contributed by atoms with Gasteiger partial charge in [0.15, 0.2) is 0 Å². The summed E-state index contributed by atoms with van der Waals surface area (Å²) in [7, 11) is 1.58. The van der Waals surface area contributed by atoms with Crippen LogP contribution in [0.3, 0.4) is 0 Å². The minimum Gasteiger partial charge on any atom is -0.497 e. The van der Waals surface area contributed by atoms with Gasteiger partial charge in [-0.25, -0.2) is 0 Å². The highest BCUT2D eigenvalue weighted by Gasteiger charge is 2.14. The van der Waals surface area contributed by atoms with Gasteiger partial charge in [0.05, 0.1) is 7.11 Å². The highest BCUT2D eigenvalue weighted by atomic mass is 16.5. The van der Waals surface area contributed by atoms with Crippen molar-refractivity contribution < 1.29 is 9.53 Å². The molecule has 0 radical (unpaired) electrons. The van der Waals surface area contributed by atoms with Crippen molar-refractivity contribution in [3.8, 4) is 17.5 Å². The Labute approximate surface area is 164 Å². The number of nitriles is 1. The van der Waals surface area contributed by atoms with Gasteiger partial charge in [0, 0.05) is 22.8 Å². The van der Waals surface area contributed by atoms with Crippen molar-refractivity contribution in [1.29, 1.82) is 5.26 Å². The minimum absolute atomic E-state index is 0.0455. The maximum absolute atomic E-state index is 12.5. The fourth-order valence-corrected chi connectivity index (χ4v) is 3.09. The van der Waals surface area contributed by atoms with Crippen LogP contribution in [0.25, 0.3) is 11.8 Å². The predicted octanol–water partition coefficient (Wildman–Crippen LogP) is 4.65.